The molecular formula is C31H43NO4. The number of aliphatic hydroxyl groups excluding tert-OH is 3. The number of aliphatic hydroxyl groups is 3. The molecule has 0 saturated heterocycles. The van der Waals surface area contributed by atoms with Crippen molar-refractivity contribution >= 4 is 0 Å². The van der Waals surface area contributed by atoms with Gasteiger partial charge in [-0.15, -0.1) is 0 Å². The third-order valence-corrected chi connectivity index (χ3v) is 9.94. The van der Waals surface area contributed by atoms with Crippen LogP contribution >= 0.6 is 0 Å². The molecule has 0 aromatic carbocycles. The Bertz CT molecular complexity index is 1080. The highest BCUT2D eigenvalue weighted by molar-refractivity contribution is 5.38. The Balaban J connectivity index is 1.29. The first kappa shape index (κ1) is 25.7. The zero-order valence-electron chi connectivity index (χ0n) is 22.1. The molecule has 0 spiro atoms. The van der Waals surface area contributed by atoms with E-state index in [1.807, 2.05) is 13.0 Å². The van der Waals surface area contributed by atoms with Gasteiger partial charge in [0.15, 0.2) is 0 Å². The largest absolute Gasteiger partial charge is 0.445 e. The number of aromatic nitrogens is 1. The van der Waals surface area contributed by atoms with Crippen molar-refractivity contribution in [2.24, 2.45) is 23.2 Å². The fraction of sp³-hybridized carbons (Fsp3) is 0.645. The second-order valence-corrected chi connectivity index (χ2v) is 12.3. The Morgan fingerprint density at radius 2 is 1.94 bits per heavy atom. The summed E-state index contributed by atoms with van der Waals surface area (Å²) in [5.41, 5.74) is 3.15. The molecule has 4 aliphatic rings. The minimum Gasteiger partial charge on any atom is -0.445 e. The average Bonchev–Trinajstić information content (AvgIpc) is 3.41. The van der Waals surface area contributed by atoms with E-state index in [9.17, 15) is 15.3 Å². The molecule has 5 nitrogen and oxygen atoms in total. The van der Waals surface area contributed by atoms with Gasteiger partial charge in [-0.1, -0.05) is 50.3 Å². The van der Waals surface area contributed by atoms with Crippen molar-refractivity contribution in [1.29, 1.82) is 0 Å². The number of allylic oxidation sites excluding steroid dienone is 4. The molecule has 3 N–H and O–H groups in total. The van der Waals surface area contributed by atoms with Gasteiger partial charge in [0, 0.05) is 6.42 Å². The van der Waals surface area contributed by atoms with Crippen molar-refractivity contribution in [2.75, 3.05) is 0 Å². The zero-order chi connectivity index (χ0) is 25.7. The van der Waals surface area contributed by atoms with Crippen LogP contribution in [0.2, 0.25) is 0 Å². The van der Waals surface area contributed by atoms with Gasteiger partial charge in [0.05, 0.1) is 29.9 Å². The Morgan fingerprint density at radius 3 is 2.64 bits per heavy atom. The number of hydrogen-bond acceptors (Lipinski definition) is 5. The van der Waals surface area contributed by atoms with Gasteiger partial charge in [0.1, 0.15) is 5.76 Å². The second-order valence-electron chi connectivity index (χ2n) is 12.3. The molecule has 7 atom stereocenters. The maximum Gasteiger partial charge on any atom is 0.203 e. The zero-order valence-corrected chi connectivity index (χ0v) is 22.1. The van der Waals surface area contributed by atoms with E-state index in [1.165, 1.54) is 31.3 Å². The topological polar surface area (TPSA) is 86.7 Å². The van der Waals surface area contributed by atoms with E-state index < -0.39 is 18.3 Å². The summed E-state index contributed by atoms with van der Waals surface area (Å²) in [6, 6.07) is 0. The van der Waals surface area contributed by atoms with Crippen LogP contribution in [0.15, 0.2) is 58.2 Å². The predicted octanol–water partition coefficient (Wildman–Crippen LogP) is 5.71. The highest BCUT2D eigenvalue weighted by Gasteiger charge is 2.54. The summed E-state index contributed by atoms with van der Waals surface area (Å²) in [5.74, 6) is 3.00. The Labute approximate surface area is 215 Å². The van der Waals surface area contributed by atoms with E-state index in [0.29, 0.717) is 36.5 Å². The van der Waals surface area contributed by atoms with Crippen molar-refractivity contribution in [3.63, 3.8) is 0 Å². The van der Waals surface area contributed by atoms with Crippen LogP contribution in [-0.2, 0) is 5.41 Å². The molecule has 0 amide bonds. The fourth-order valence-corrected chi connectivity index (χ4v) is 7.56. The summed E-state index contributed by atoms with van der Waals surface area (Å²) in [4.78, 5) is 4.41. The smallest absolute Gasteiger partial charge is 0.203 e. The molecule has 4 fully saturated rings. The van der Waals surface area contributed by atoms with Crippen LogP contribution in [0, 0.1) is 30.1 Å². The lowest BCUT2D eigenvalue weighted by Gasteiger charge is -2.44. The first-order valence-corrected chi connectivity index (χ1v) is 13.9. The number of fused-ring (bicyclic) bond motifs is 1. The quantitative estimate of drug-likeness (QED) is 0.442. The van der Waals surface area contributed by atoms with Gasteiger partial charge in [0.2, 0.25) is 5.89 Å². The molecule has 4 saturated carbocycles. The molecule has 0 unspecified atom stereocenters. The summed E-state index contributed by atoms with van der Waals surface area (Å²) in [6.07, 6.45) is 17.4. The summed E-state index contributed by atoms with van der Waals surface area (Å²) < 4.78 is 5.77. The van der Waals surface area contributed by atoms with Crippen molar-refractivity contribution in [1.82, 2.24) is 4.98 Å². The molecule has 5 heteroatoms. The molecular weight excluding hydrogens is 450 g/mol. The molecule has 1 aromatic heterocycles. The summed E-state index contributed by atoms with van der Waals surface area (Å²) >= 11 is 0. The molecule has 4 aliphatic carbocycles. The minimum absolute atomic E-state index is 0.247. The first-order chi connectivity index (χ1) is 17.1. The standard InChI is InChI=1S/C31H43NO4/c1-19(7-12-28(35)31(14-15-31)29-32-18-20(2)36-29)25-10-11-26-22(6-5-13-30(25,26)4)8-9-23-16-24(33)17-27(34)21(23)3/h7-9,12,18-19,24-28,33-35H,3,5-6,10-11,13-17H2,1-2,4H3/b12-7+,22-8+,23-9-/t19-,24-,25-,26+,27+,28-,30-/m1/s1. The number of rotatable bonds is 6. The van der Waals surface area contributed by atoms with Gasteiger partial charge >= 0.3 is 0 Å². The lowest BCUT2D eigenvalue weighted by molar-refractivity contribution is 0.0862. The molecule has 1 heterocycles. The molecule has 5 rings (SSSR count). The second kappa shape index (κ2) is 9.74. The van der Waals surface area contributed by atoms with Gasteiger partial charge in [-0.05, 0) is 92.6 Å². The fourth-order valence-electron chi connectivity index (χ4n) is 7.56. The monoisotopic (exact) mass is 493 g/mol. The van der Waals surface area contributed by atoms with E-state index in [-0.39, 0.29) is 10.8 Å². The van der Waals surface area contributed by atoms with Gasteiger partial charge in [0.25, 0.3) is 0 Å². The van der Waals surface area contributed by atoms with Gasteiger partial charge in [-0.25, -0.2) is 4.98 Å². The Kier molecular flexibility index (Phi) is 6.95. The molecule has 36 heavy (non-hydrogen) atoms. The number of nitrogens with zero attached hydrogens (tertiary/aromatic N) is 1. The predicted molar refractivity (Wildman–Crippen MR) is 141 cm³/mol. The third kappa shape index (κ3) is 4.59. The molecule has 0 bridgehead atoms. The average molecular weight is 494 g/mol. The Morgan fingerprint density at radius 1 is 1.17 bits per heavy atom. The number of oxazole rings is 1. The lowest BCUT2D eigenvalue weighted by atomic mass is 9.61. The summed E-state index contributed by atoms with van der Waals surface area (Å²) in [7, 11) is 0. The summed E-state index contributed by atoms with van der Waals surface area (Å²) in [6.45, 7) is 10.8. The van der Waals surface area contributed by atoms with E-state index in [4.69, 9.17) is 4.42 Å². The van der Waals surface area contributed by atoms with Crippen LogP contribution in [0.25, 0.3) is 0 Å². The van der Waals surface area contributed by atoms with E-state index in [1.54, 1.807) is 6.20 Å². The number of aryl methyl sites for hydroxylation is 1. The maximum atomic E-state index is 11.0. The molecule has 1 aromatic rings. The normalized spacial score (nSPS) is 38.0. The van der Waals surface area contributed by atoms with E-state index >= 15 is 0 Å². The van der Waals surface area contributed by atoms with Crippen LogP contribution in [-0.4, -0.2) is 38.6 Å². The van der Waals surface area contributed by atoms with E-state index in [2.05, 4.69) is 43.6 Å². The highest BCUT2D eigenvalue weighted by Crippen LogP contribution is 2.59. The van der Waals surface area contributed by atoms with E-state index in [0.717, 1.165) is 36.2 Å². The van der Waals surface area contributed by atoms with Gasteiger partial charge in [-0.3, -0.25) is 0 Å². The van der Waals surface area contributed by atoms with Crippen LogP contribution in [0.3, 0.4) is 0 Å². The lowest BCUT2D eigenvalue weighted by Crippen LogP contribution is -2.35. The van der Waals surface area contributed by atoms with Crippen molar-refractivity contribution in [3.05, 3.63) is 65.5 Å². The molecule has 0 aliphatic heterocycles. The molecule has 0 radical (unpaired) electrons. The van der Waals surface area contributed by atoms with Crippen LogP contribution in [0.5, 0.6) is 0 Å². The summed E-state index contributed by atoms with van der Waals surface area (Å²) in [5, 5.41) is 31.3. The SMILES string of the molecule is C=C1/C(=C\C=C2/CCC[C@]3(C)[C@@H]([C@H](C)/C=C/[C@@H](O)C4(c5ncc(C)o5)CC4)CC[C@@H]23)C[C@@H](O)C[C@@H]1O. The van der Waals surface area contributed by atoms with Crippen LogP contribution in [0.4, 0.5) is 0 Å². The number of hydrogen-bond donors (Lipinski definition) is 3. The first-order valence-electron chi connectivity index (χ1n) is 13.9. The van der Waals surface area contributed by atoms with Crippen molar-refractivity contribution in [3.8, 4) is 0 Å². The maximum absolute atomic E-state index is 11.0. The van der Waals surface area contributed by atoms with Crippen LogP contribution < -0.4 is 0 Å². The van der Waals surface area contributed by atoms with Crippen LogP contribution in [0.1, 0.15) is 83.3 Å². The van der Waals surface area contributed by atoms with Crippen molar-refractivity contribution < 1.29 is 19.7 Å². The minimum atomic E-state index is -0.642. The van der Waals surface area contributed by atoms with Crippen molar-refractivity contribution in [2.45, 2.75) is 102 Å². The molecule has 196 valence electrons. The third-order valence-electron chi connectivity index (χ3n) is 9.94. The highest BCUT2D eigenvalue weighted by atomic mass is 16.4. The van der Waals surface area contributed by atoms with Gasteiger partial charge in [-0.2, -0.15) is 0 Å². The van der Waals surface area contributed by atoms with Gasteiger partial charge < -0.3 is 19.7 Å². The Hall–Kier alpha value is -1.95.